The predicted molar refractivity (Wildman–Crippen MR) is 74.4 cm³/mol. The Hall–Kier alpha value is -0.820. The van der Waals surface area contributed by atoms with Gasteiger partial charge in [0.1, 0.15) is 0 Å². The summed E-state index contributed by atoms with van der Waals surface area (Å²) in [6.45, 7) is 9.98. The van der Waals surface area contributed by atoms with Crippen molar-refractivity contribution in [2.75, 3.05) is 0 Å². The highest BCUT2D eigenvalue weighted by Crippen LogP contribution is 2.35. The lowest BCUT2D eigenvalue weighted by Crippen LogP contribution is -2.50. The van der Waals surface area contributed by atoms with Crippen LogP contribution in [0.3, 0.4) is 0 Å². The first-order chi connectivity index (χ1) is 8.06. The summed E-state index contributed by atoms with van der Waals surface area (Å²) in [7, 11) is 0. The predicted octanol–water partition coefficient (Wildman–Crippen LogP) is 4.03. The molecule has 0 heterocycles. The van der Waals surface area contributed by atoms with Gasteiger partial charge in [0.05, 0.1) is 0 Å². The van der Waals surface area contributed by atoms with Crippen LogP contribution in [0.2, 0.25) is 0 Å². The molecule has 0 amide bonds. The number of nitrogens with one attached hydrogen (secondary N) is 1. The van der Waals surface area contributed by atoms with Crippen molar-refractivity contribution in [2.45, 2.75) is 65.5 Å². The van der Waals surface area contributed by atoms with Crippen molar-refractivity contribution in [3.8, 4) is 0 Å². The molecule has 0 spiro atoms. The number of hydrogen-bond donors (Lipinski definition) is 1. The van der Waals surface area contributed by atoms with E-state index in [-0.39, 0.29) is 0 Å². The minimum absolute atomic E-state index is 0.448. The number of hydrogen-bond acceptors (Lipinski definition) is 1. The molecule has 94 valence electrons. The average Bonchev–Trinajstić information content (AvgIpc) is 2.19. The zero-order valence-corrected chi connectivity index (χ0v) is 11.7. The zero-order chi connectivity index (χ0) is 12.5. The fraction of sp³-hybridized carbons (Fsp3) is 0.625. The molecular weight excluding hydrogens is 206 g/mol. The number of benzene rings is 1. The van der Waals surface area contributed by atoms with E-state index in [9.17, 15) is 0 Å². The lowest BCUT2D eigenvalue weighted by molar-refractivity contribution is 0.175. The van der Waals surface area contributed by atoms with Gasteiger partial charge in [-0.05, 0) is 63.1 Å². The molecule has 1 nitrogen and oxygen atoms in total. The lowest BCUT2D eigenvalue weighted by atomic mass is 9.74. The van der Waals surface area contributed by atoms with Crippen molar-refractivity contribution in [2.24, 2.45) is 0 Å². The van der Waals surface area contributed by atoms with Gasteiger partial charge in [-0.3, -0.25) is 0 Å². The van der Waals surface area contributed by atoms with Gasteiger partial charge in [-0.25, -0.2) is 0 Å². The van der Waals surface area contributed by atoms with E-state index < -0.39 is 0 Å². The Morgan fingerprint density at radius 2 is 1.71 bits per heavy atom. The van der Waals surface area contributed by atoms with Gasteiger partial charge in [-0.15, -0.1) is 0 Å². The molecule has 1 heteroatoms. The Labute approximate surface area is 106 Å². The van der Waals surface area contributed by atoms with Gasteiger partial charge in [0.2, 0.25) is 0 Å². The Balaban J connectivity index is 2.09. The van der Waals surface area contributed by atoms with Crippen molar-refractivity contribution in [3.05, 3.63) is 34.4 Å². The standard InChI is InChI=1S/C16H25N/c1-5-16(7-6-8-16)17-11-15-13(3)9-12(2)10-14(15)4/h9-10,17H,5-8,11H2,1-4H3. The van der Waals surface area contributed by atoms with E-state index in [2.05, 4.69) is 45.1 Å². The van der Waals surface area contributed by atoms with Crippen LogP contribution in [0.5, 0.6) is 0 Å². The fourth-order valence-electron chi connectivity index (χ4n) is 3.02. The van der Waals surface area contributed by atoms with Crippen LogP contribution in [0.25, 0.3) is 0 Å². The van der Waals surface area contributed by atoms with E-state index in [1.54, 1.807) is 0 Å². The number of aryl methyl sites for hydroxylation is 3. The van der Waals surface area contributed by atoms with Crippen LogP contribution < -0.4 is 5.32 Å². The molecule has 0 unspecified atom stereocenters. The molecule has 0 aromatic heterocycles. The minimum Gasteiger partial charge on any atom is -0.307 e. The van der Waals surface area contributed by atoms with Gasteiger partial charge in [-0.2, -0.15) is 0 Å². The summed E-state index contributed by atoms with van der Waals surface area (Å²) < 4.78 is 0. The SMILES string of the molecule is CCC1(NCc2c(C)cc(C)cc2C)CCC1. The fourth-order valence-corrected chi connectivity index (χ4v) is 3.02. The Kier molecular flexibility index (Phi) is 3.58. The van der Waals surface area contributed by atoms with Crippen molar-refractivity contribution in [1.82, 2.24) is 5.32 Å². The first kappa shape index (κ1) is 12.6. The lowest BCUT2D eigenvalue weighted by Gasteiger charge is -2.42. The van der Waals surface area contributed by atoms with Crippen molar-refractivity contribution >= 4 is 0 Å². The van der Waals surface area contributed by atoms with E-state index in [0.717, 1.165) is 6.54 Å². The molecule has 1 N–H and O–H groups in total. The zero-order valence-electron chi connectivity index (χ0n) is 11.7. The summed E-state index contributed by atoms with van der Waals surface area (Å²) in [6, 6.07) is 4.59. The van der Waals surface area contributed by atoms with E-state index >= 15 is 0 Å². The van der Waals surface area contributed by atoms with Gasteiger partial charge >= 0.3 is 0 Å². The van der Waals surface area contributed by atoms with Crippen LogP contribution in [-0.4, -0.2) is 5.54 Å². The summed E-state index contributed by atoms with van der Waals surface area (Å²) in [4.78, 5) is 0. The van der Waals surface area contributed by atoms with Gasteiger partial charge in [0.15, 0.2) is 0 Å². The molecule has 1 aliphatic carbocycles. The molecule has 1 aromatic rings. The van der Waals surface area contributed by atoms with Crippen LogP contribution in [0.4, 0.5) is 0 Å². The third kappa shape index (κ3) is 2.55. The molecular formula is C16H25N. The molecule has 1 aliphatic rings. The molecule has 1 aromatic carbocycles. The van der Waals surface area contributed by atoms with Crippen LogP contribution >= 0.6 is 0 Å². The van der Waals surface area contributed by atoms with E-state index in [4.69, 9.17) is 0 Å². The van der Waals surface area contributed by atoms with Gasteiger partial charge in [-0.1, -0.05) is 24.6 Å². The molecule has 0 radical (unpaired) electrons. The highest BCUT2D eigenvalue weighted by atomic mass is 15.0. The molecule has 1 fully saturated rings. The topological polar surface area (TPSA) is 12.0 Å². The van der Waals surface area contributed by atoms with Crippen molar-refractivity contribution in [3.63, 3.8) is 0 Å². The van der Waals surface area contributed by atoms with Crippen LogP contribution in [0.1, 0.15) is 54.9 Å². The normalized spacial score (nSPS) is 17.9. The van der Waals surface area contributed by atoms with E-state index in [0.29, 0.717) is 5.54 Å². The number of rotatable bonds is 4. The minimum atomic E-state index is 0.448. The second kappa shape index (κ2) is 4.81. The maximum absolute atomic E-state index is 3.80. The van der Waals surface area contributed by atoms with Crippen molar-refractivity contribution in [1.29, 1.82) is 0 Å². The van der Waals surface area contributed by atoms with Gasteiger partial charge < -0.3 is 5.32 Å². The summed E-state index contributed by atoms with van der Waals surface area (Å²) in [6.07, 6.45) is 5.37. The van der Waals surface area contributed by atoms with Gasteiger partial charge in [0, 0.05) is 12.1 Å². The summed E-state index contributed by atoms with van der Waals surface area (Å²) in [5.74, 6) is 0. The van der Waals surface area contributed by atoms with Crippen LogP contribution in [-0.2, 0) is 6.54 Å². The van der Waals surface area contributed by atoms with Gasteiger partial charge in [0.25, 0.3) is 0 Å². The molecule has 0 aliphatic heterocycles. The highest BCUT2D eigenvalue weighted by molar-refractivity contribution is 5.37. The Bertz CT molecular complexity index is 373. The first-order valence-electron chi connectivity index (χ1n) is 6.88. The van der Waals surface area contributed by atoms with Crippen LogP contribution in [0, 0.1) is 20.8 Å². The van der Waals surface area contributed by atoms with Crippen LogP contribution in [0.15, 0.2) is 12.1 Å². The third-order valence-corrected chi connectivity index (χ3v) is 4.47. The second-order valence-electron chi connectivity index (χ2n) is 5.72. The highest BCUT2D eigenvalue weighted by Gasteiger charge is 2.34. The molecule has 1 saturated carbocycles. The third-order valence-electron chi connectivity index (χ3n) is 4.47. The summed E-state index contributed by atoms with van der Waals surface area (Å²) in [5, 5.41) is 3.80. The monoisotopic (exact) mass is 231 g/mol. The molecule has 0 saturated heterocycles. The largest absolute Gasteiger partial charge is 0.307 e. The van der Waals surface area contributed by atoms with E-state index in [1.807, 2.05) is 0 Å². The Morgan fingerprint density at radius 1 is 1.12 bits per heavy atom. The molecule has 0 atom stereocenters. The van der Waals surface area contributed by atoms with E-state index in [1.165, 1.54) is 47.9 Å². The smallest absolute Gasteiger partial charge is 0.0215 e. The second-order valence-corrected chi connectivity index (χ2v) is 5.72. The maximum atomic E-state index is 3.80. The first-order valence-corrected chi connectivity index (χ1v) is 6.88. The molecule has 17 heavy (non-hydrogen) atoms. The molecule has 0 bridgehead atoms. The molecule has 2 rings (SSSR count). The van der Waals surface area contributed by atoms with Crippen molar-refractivity contribution < 1.29 is 0 Å². The average molecular weight is 231 g/mol. The Morgan fingerprint density at radius 3 is 2.12 bits per heavy atom. The maximum Gasteiger partial charge on any atom is 0.0215 e. The summed E-state index contributed by atoms with van der Waals surface area (Å²) >= 11 is 0. The quantitative estimate of drug-likeness (QED) is 0.825. The summed E-state index contributed by atoms with van der Waals surface area (Å²) in [5.41, 5.74) is 6.18.